The van der Waals surface area contributed by atoms with E-state index in [1.54, 1.807) is 0 Å². The number of hydrogen-bond donors (Lipinski definition) is 2. The molecule has 2 aliphatic carbocycles. The second-order valence-corrected chi connectivity index (χ2v) is 14.6. The predicted octanol–water partition coefficient (Wildman–Crippen LogP) is 10.0. The minimum atomic E-state index is -0.683. The van der Waals surface area contributed by atoms with Crippen LogP contribution in [0.4, 0.5) is 0 Å². The first kappa shape index (κ1) is 34.3. The fourth-order valence-electron chi connectivity index (χ4n) is 8.42. The molecule has 270 valence electrons. The van der Waals surface area contributed by atoms with Crippen molar-refractivity contribution in [3.05, 3.63) is 192 Å². The highest BCUT2D eigenvalue weighted by Gasteiger charge is 2.32. The maximum atomic E-state index is 14.7. The van der Waals surface area contributed by atoms with E-state index in [1.165, 1.54) is 27.8 Å². The van der Waals surface area contributed by atoms with Gasteiger partial charge in [0.2, 0.25) is 5.91 Å². The lowest BCUT2D eigenvalue weighted by atomic mass is 9.91. The Morgan fingerprint density at radius 1 is 0.727 bits per heavy atom. The van der Waals surface area contributed by atoms with E-state index in [0.29, 0.717) is 18.7 Å². The van der Waals surface area contributed by atoms with Gasteiger partial charge in [-0.1, -0.05) is 152 Å². The van der Waals surface area contributed by atoms with Crippen molar-refractivity contribution in [3.8, 4) is 22.4 Å². The van der Waals surface area contributed by atoms with E-state index in [1.807, 2.05) is 79.0 Å². The van der Waals surface area contributed by atoms with Gasteiger partial charge in [-0.2, -0.15) is 0 Å². The lowest BCUT2D eigenvalue weighted by Gasteiger charge is -2.23. The van der Waals surface area contributed by atoms with Gasteiger partial charge in [0.15, 0.2) is 0 Å². The second-order valence-electron chi connectivity index (χ2n) is 14.6. The molecule has 1 heterocycles. The van der Waals surface area contributed by atoms with E-state index in [4.69, 9.17) is 9.72 Å². The monoisotopic (exact) mass is 719 g/mol. The summed E-state index contributed by atoms with van der Waals surface area (Å²) < 4.78 is 6.09. The Hall–Kier alpha value is -6.53. The fourth-order valence-corrected chi connectivity index (χ4v) is 8.42. The number of aromatic nitrogens is 2. The van der Waals surface area contributed by atoms with Crippen LogP contribution in [0.25, 0.3) is 38.7 Å². The van der Waals surface area contributed by atoms with Crippen LogP contribution >= 0.6 is 0 Å². The zero-order chi connectivity index (χ0) is 37.1. The molecule has 0 fully saturated rings. The second kappa shape index (κ2) is 15.1. The number of esters is 1. The third-order valence-corrected chi connectivity index (χ3v) is 11.2. The maximum absolute atomic E-state index is 14.7. The van der Waals surface area contributed by atoms with Crippen LogP contribution in [-0.2, 0) is 27.2 Å². The summed E-state index contributed by atoms with van der Waals surface area (Å²) >= 11 is 0. The van der Waals surface area contributed by atoms with E-state index >= 15 is 0 Å². The van der Waals surface area contributed by atoms with Gasteiger partial charge in [0, 0.05) is 12.3 Å². The number of ether oxygens (including phenoxy) is 1. The minimum absolute atomic E-state index is 0.0588. The van der Waals surface area contributed by atoms with E-state index in [9.17, 15) is 9.59 Å². The molecule has 2 N–H and O–H groups in total. The molecule has 6 heteroatoms. The number of rotatable bonds is 12. The SMILES string of the molecule is O=C(C[C@H](Cc1cccc2ccccc12)C(=O)N[C@H](CC1=CCc2ccccc21)c1ncc(-c2ccccc2)[nH]1)OCC1c2ccccc2-c2ccccc21. The van der Waals surface area contributed by atoms with Crippen molar-refractivity contribution in [3.63, 3.8) is 0 Å². The quantitative estimate of drug-likeness (QED) is 0.123. The molecule has 1 amide bonds. The van der Waals surface area contributed by atoms with Crippen LogP contribution in [0, 0.1) is 5.92 Å². The van der Waals surface area contributed by atoms with E-state index < -0.39 is 17.9 Å². The zero-order valence-electron chi connectivity index (χ0n) is 30.5. The number of benzene rings is 6. The Morgan fingerprint density at radius 2 is 1.40 bits per heavy atom. The van der Waals surface area contributed by atoms with E-state index in [2.05, 4.69) is 89.2 Å². The number of allylic oxidation sites excluding steroid dienone is 1. The number of aromatic amines is 1. The average Bonchev–Trinajstić information content (AvgIpc) is 3.97. The van der Waals surface area contributed by atoms with Crippen LogP contribution in [0.3, 0.4) is 0 Å². The maximum Gasteiger partial charge on any atom is 0.306 e. The van der Waals surface area contributed by atoms with Gasteiger partial charge in [-0.3, -0.25) is 9.59 Å². The summed E-state index contributed by atoms with van der Waals surface area (Å²) in [5, 5.41) is 5.53. The van der Waals surface area contributed by atoms with Crippen molar-refractivity contribution in [2.75, 3.05) is 6.61 Å². The van der Waals surface area contributed by atoms with Gasteiger partial charge in [-0.15, -0.1) is 0 Å². The zero-order valence-corrected chi connectivity index (χ0v) is 30.5. The van der Waals surface area contributed by atoms with Crippen LogP contribution in [0.5, 0.6) is 0 Å². The Morgan fingerprint density at radius 3 is 2.20 bits per heavy atom. The first-order valence-corrected chi connectivity index (χ1v) is 19.1. The van der Waals surface area contributed by atoms with Gasteiger partial charge in [-0.25, -0.2) is 4.98 Å². The van der Waals surface area contributed by atoms with Crippen LogP contribution < -0.4 is 5.32 Å². The van der Waals surface area contributed by atoms with Crippen LogP contribution in [0.15, 0.2) is 158 Å². The van der Waals surface area contributed by atoms with Gasteiger partial charge in [0.05, 0.1) is 30.3 Å². The summed E-state index contributed by atoms with van der Waals surface area (Å²) in [6.45, 7) is 0.209. The van der Waals surface area contributed by atoms with Crippen LogP contribution in [0.1, 0.15) is 58.4 Å². The number of carbonyl (C=O) groups excluding carboxylic acids is 2. The van der Waals surface area contributed by atoms with Gasteiger partial charge in [-0.05, 0) is 73.7 Å². The smallest absolute Gasteiger partial charge is 0.306 e. The Labute approximate surface area is 320 Å². The topological polar surface area (TPSA) is 84.1 Å². The molecule has 55 heavy (non-hydrogen) atoms. The normalized spacial score (nSPS) is 14.1. The first-order chi connectivity index (χ1) is 27.1. The number of nitrogens with one attached hydrogen (secondary N) is 2. The summed E-state index contributed by atoms with van der Waals surface area (Å²) in [6, 6.07) is 48.9. The largest absolute Gasteiger partial charge is 0.465 e. The summed E-state index contributed by atoms with van der Waals surface area (Å²) in [7, 11) is 0. The number of carbonyl (C=O) groups is 2. The fraction of sp³-hybridized carbons (Fsp3) is 0.163. The number of imidazole rings is 1. The van der Waals surface area contributed by atoms with Crippen molar-refractivity contribution in [1.82, 2.24) is 15.3 Å². The third-order valence-electron chi connectivity index (χ3n) is 11.2. The van der Waals surface area contributed by atoms with Crippen molar-refractivity contribution in [1.29, 1.82) is 0 Å². The number of hydrogen-bond acceptors (Lipinski definition) is 4. The standard InChI is InChI=1S/C49H41N3O3/c53-47(55-31-44-42-23-10-8-21-40(42)41-22-9-11-24-43(41)44)29-37(27-35-18-12-17-32-13-4-6-19-38(32)35)49(54)52-45(28-36-26-25-33-14-5-7-20-39(33)36)48-50-30-46(51-48)34-15-2-1-3-16-34/h1-24,26,30,37,44-45H,25,27-29,31H2,(H,50,51)(H,52,54)/t37-,45+/m0/s1. The lowest BCUT2D eigenvalue weighted by Crippen LogP contribution is -2.37. The number of nitrogens with zero attached hydrogens (tertiary/aromatic N) is 1. The molecule has 0 radical (unpaired) electrons. The van der Waals surface area contributed by atoms with Crippen LogP contribution in [0.2, 0.25) is 0 Å². The van der Waals surface area contributed by atoms with Gasteiger partial charge >= 0.3 is 5.97 Å². The van der Waals surface area contributed by atoms with Gasteiger partial charge < -0.3 is 15.0 Å². The molecule has 0 aliphatic heterocycles. The Balaban J connectivity index is 1.00. The third kappa shape index (κ3) is 6.99. The number of H-pyrrole nitrogens is 1. The highest BCUT2D eigenvalue weighted by molar-refractivity contribution is 5.88. The summed E-state index contributed by atoms with van der Waals surface area (Å²) in [5.74, 6) is -0.683. The molecule has 0 unspecified atom stereocenters. The highest BCUT2D eigenvalue weighted by Crippen LogP contribution is 2.44. The molecule has 2 aliphatic rings. The molecule has 9 rings (SSSR count). The summed E-state index contributed by atoms with van der Waals surface area (Å²) in [4.78, 5) is 36.9. The predicted molar refractivity (Wildman–Crippen MR) is 218 cm³/mol. The molecule has 0 bridgehead atoms. The molecule has 7 aromatic rings. The minimum Gasteiger partial charge on any atom is -0.465 e. The Bertz CT molecular complexity index is 2500. The summed E-state index contributed by atoms with van der Waals surface area (Å²) in [6.07, 6.45) is 5.79. The Kier molecular flexibility index (Phi) is 9.39. The number of amides is 1. The number of fused-ring (bicyclic) bond motifs is 5. The van der Waals surface area contributed by atoms with Gasteiger partial charge in [0.25, 0.3) is 0 Å². The lowest BCUT2D eigenvalue weighted by molar-refractivity contribution is -0.147. The molecule has 0 spiro atoms. The van der Waals surface area contributed by atoms with Crippen molar-refractivity contribution < 1.29 is 14.3 Å². The summed E-state index contributed by atoms with van der Waals surface area (Å²) in [5.41, 5.74) is 11.2. The molecule has 0 saturated carbocycles. The van der Waals surface area contributed by atoms with Crippen molar-refractivity contribution in [2.45, 2.75) is 37.6 Å². The van der Waals surface area contributed by atoms with E-state index in [-0.39, 0.29) is 24.9 Å². The molecule has 2 atom stereocenters. The first-order valence-electron chi connectivity index (χ1n) is 19.1. The molecule has 6 aromatic carbocycles. The van der Waals surface area contributed by atoms with Crippen molar-refractivity contribution >= 4 is 28.2 Å². The molecular formula is C49H41N3O3. The molecule has 1 aromatic heterocycles. The molecule has 6 nitrogen and oxygen atoms in total. The van der Waals surface area contributed by atoms with Crippen LogP contribution in [-0.4, -0.2) is 28.5 Å². The van der Waals surface area contributed by atoms with E-state index in [0.717, 1.165) is 45.1 Å². The highest BCUT2D eigenvalue weighted by atomic mass is 16.5. The van der Waals surface area contributed by atoms with Gasteiger partial charge in [0.1, 0.15) is 12.4 Å². The molecular weight excluding hydrogens is 679 g/mol. The average molecular weight is 720 g/mol. The van der Waals surface area contributed by atoms with Crippen molar-refractivity contribution in [2.24, 2.45) is 5.92 Å². The molecule has 0 saturated heterocycles.